The molecule has 0 aliphatic heterocycles. The molecule has 31 heavy (non-hydrogen) atoms. The third kappa shape index (κ3) is 4.98. The first-order chi connectivity index (χ1) is 15.0. The third-order valence-electron chi connectivity index (χ3n) is 4.57. The molecule has 2 aromatic heterocycles. The lowest BCUT2D eigenvalue weighted by molar-refractivity contribution is -0.125. The van der Waals surface area contributed by atoms with Crippen molar-refractivity contribution >= 4 is 45.1 Å². The van der Waals surface area contributed by atoms with E-state index in [2.05, 4.69) is 10.3 Å². The van der Waals surface area contributed by atoms with Crippen LogP contribution in [0.2, 0.25) is 0 Å². The fourth-order valence-corrected chi connectivity index (χ4v) is 4.83. The minimum absolute atomic E-state index is 0.00169. The highest BCUT2D eigenvalue weighted by Crippen LogP contribution is 2.31. The highest BCUT2D eigenvalue weighted by atomic mass is 32.2. The van der Waals surface area contributed by atoms with Crippen molar-refractivity contribution in [2.45, 2.75) is 11.4 Å². The number of carbonyl (C=O) groups excluding carboxylic acids is 2. The second kappa shape index (κ2) is 9.36. The molecule has 0 fully saturated rings. The summed E-state index contributed by atoms with van der Waals surface area (Å²) in [5.74, 6) is 1.40. The topological polar surface area (TPSA) is 75.4 Å². The van der Waals surface area contributed by atoms with Crippen LogP contribution >= 0.6 is 23.1 Å². The Bertz CT molecular complexity index is 1200. The van der Waals surface area contributed by atoms with Crippen molar-refractivity contribution in [3.63, 3.8) is 0 Å². The van der Waals surface area contributed by atoms with Crippen LogP contribution in [0.25, 0.3) is 21.0 Å². The SMILES string of the molecule is CN(C)C(=O)CSc1ccccc1C(=O)NCc1ccc(-c2nc3ccccc3s2)o1. The molecule has 0 saturated carbocycles. The molecule has 0 bridgehead atoms. The van der Waals surface area contributed by atoms with Gasteiger partial charge in [-0.05, 0) is 36.4 Å². The van der Waals surface area contributed by atoms with Crippen LogP contribution in [-0.2, 0) is 11.3 Å². The Morgan fingerprint density at radius 2 is 1.84 bits per heavy atom. The second-order valence-electron chi connectivity index (χ2n) is 7.01. The maximum absolute atomic E-state index is 12.7. The average molecular weight is 452 g/mol. The number of thioether (sulfide) groups is 1. The van der Waals surface area contributed by atoms with Crippen LogP contribution in [-0.4, -0.2) is 41.5 Å². The Kier molecular flexibility index (Phi) is 6.39. The molecule has 4 aromatic rings. The van der Waals surface area contributed by atoms with Crippen LogP contribution in [0.1, 0.15) is 16.1 Å². The molecule has 0 spiro atoms. The maximum atomic E-state index is 12.7. The number of carbonyl (C=O) groups is 2. The Morgan fingerprint density at radius 3 is 2.65 bits per heavy atom. The number of hydrogen-bond donors (Lipinski definition) is 1. The number of hydrogen-bond acceptors (Lipinski definition) is 6. The Hall–Kier alpha value is -3.10. The first kappa shape index (κ1) is 21.1. The molecule has 0 atom stereocenters. The number of aromatic nitrogens is 1. The normalized spacial score (nSPS) is 10.9. The number of thiazole rings is 1. The Morgan fingerprint density at radius 1 is 1.06 bits per heavy atom. The molecule has 6 nitrogen and oxygen atoms in total. The monoisotopic (exact) mass is 451 g/mol. The number of benzene rings is 2. The minimum Gasteiger partial charge on any atom is -0.457 e. The van der Waals surface area contributed by atoms with E-state index in [4.69, 9.17) is 4.42 Å². The predicted octanol–water partition coefficient (Wildman–Crippen LogP) is 4.67. The first-order valence-corrected chi connectivity index (χ1v) is 11.5. The van der Waals surface area contributed by atoms with Gasteiger partial charge in [0.2, 0.25) is 5.91 Å². The van der Waals surface area contributed by atoms with Crippen molar-refractivity contribution in [3.8, 4) is 10.8 Å². The quantitative estimate of drug-likeness (QED) is 0.414. The molecule has 158 valence electrons. The van der Waals surface area contributed by atoms with E-state index in [9.17, 15) is 9.59 Å². The maximum Gasteiger partial charge on any atom is 0.252 e. The molecule has 2 heterocycles. The molecule has 2 aromatic carbocycles. The lowest BCUT2D eigenvalue weighted by Gasteiger charge is -2.12. The summed E-state index contributed by atoms with van der Waals surface area (Å²) in [6.07, 6.45) is 0. The van der Waals surface area contributed by atoms with Gasteiger partial charge in [0, 0.05) is 19.0 Å². The Labute approximate surface area is 188 Å². The van der Waals surface area contributed by atoms with Crippen LogP contribution in [0, 0.1) is 0 Å². The summed E-state index contributed by atoms with van der Waals surface area (Å²) < 4.78 is 7.00. The third-order valence-corrected chi connectivity index (χ3v) is 6.68. The van der Waals surface area contributed by atoms with Gasteiger partial charge in [0.1, 0.15) is 5.76 Å². The fraction of sp³-hybridized carbons (Fsp3) is 0.174. The van der Waals surface area contributed by atoms with E-state index in [0.29, 0.717) is 17.1 Å². The van der Waals surface area contributed by atoms with Crippen molar-refractivity contribution in [1.82, 2.24) is 15.2 Å². The smallest absolute Gasteiger partial charge is 0.252 e. The zero-order chi connectivity index (χ0) is 21.8. The van der Waals surface area contributed by atoms with E-state index >= 15 is 0 Å². The number of fused-ring (bicyclic) bond motifs is 1. The van der Waals surface area contributed by atoms with E-state index in [1.165, 1.54) is 16.7 Å². The van der Waals surface area contributed by atoms with Gasteiger partial charge in [0.15, 0.2) is 10.8 Å². The number of nitrogens with one attached hydrogen (secondary N) is 1. The van der Waals surface area contributed by atoms with E-state index in [1.54, 1.807) is 31.5 Å². The lowest BCUT2D eigenvalue weighted by Crippen LogP contribution is -2.24. The van der Waals surface area contributed by atoms with Gasteiger partial charge in [-0.25, -0.2) is 4.98 Å². The molecule has 4 rings (SSSR count). The van der Waals surface area contributed by atoms with Crippen LogP contribution in [0.5, 0.6) is 0 Å². The lowest BCUT2D eigenvalue weighted by atomic mass is 10.2. The molecule has 2 amide bonds. The molecule has 0 unspecified atom stereocenters. The predicted molar refractivity (Wildman–Crippen MR) is 124 cm³/mol. The molecule has 0 aliphatic carbocycles. The largest absolute Gasteiger partial charge is 0.457 e. The second-order valence-corrected chi connectivity index (χ2v) is 9.06. The molecule has 0 aliphatic rings. The number of amides is 2. The summed E-state index contributed by atoms with van der Waals surface area (Å²) in [5, 5.41) is 3.71. The highest BCUT2D eigenvalue weighted by molar-refractivity contribution is 8.00. The van der Waals surface area contributed by atoms with E-state index in [0.717, 1.165) is 20.1 Å². The van der Waals surface area contributed by atoms with Crippen molar-refractivity contribution in [2.75, 3.05) is 19.8 Å². The van der Waals surface area contributed by atoms with Gasteiger partial charge in [-0.15, -0.1) is 23.1 Å². The van der Waals surface area contributed by atoms with Gasteiger partial charge in [-0.2, -0.15) is 0 Å². The first-order valence-electron chi connectivity index (χ1n) is 9.66. The summed E-state index contributed by atoms with van der Waals surface area (Å²) in [5.41, 5.74) is 1.48. The summed E-state index contributed by atoms with van der Waals surface area (Å²) in [7, 11) is 3.43. The van der Waals surface area contributed by atoms with Gasteiger partial charge in [0.05, 0.1) is 28.1 Å². The molecule has 8 heteroatoms. The van der Waals surface area contributed by atoms with E-state index < -0.39 is 0 Å². The standard InChI is InChI=1S/C23H21N3O3S2/c1-26(2)21(27)14-30-19-9-5-3-7-16(19)22(28)24-13-15-11-12-18(29-15)23-25-17-8-4-6-10-20(17)31-23/h3-12H,13-14H2,1-2H3,(H,24,28). The van der Waals surface area contributed by atoms with Gasteiger partial charge in [0.25, 0.3) is 5.91 Å². The summed E-state index contributed by atoms with van der Waals surface area (Å²) in [4.78, 5) is 31.5. The molecule has 0 saturated heterocycles. The molecule has 0 radical (unpaired) electrons. The average Bonchev–Trinajstić information content (AvgIpc) is 3.42. The number of para-hydroxylation sites is 1. The van der Waals surface area contributed by atoms with E-state index in [-0.39, 0.29) is 24.1 Å². The number of rotatable bonds is 7. The van der Waals surface area contributed by atoms with Gasteiger partial charge >= 0.3 is 0 Å². The van der Waals surface area contributed by atoms with Gasteiger partial charge < -0.3 is 14.6 Å². The molecule has 1 N–H and O–H groups in total. The number of furan rings is 1. The number of nitrogens with zero attached hydrogens (tertiary/aromatic N) is 2. The van der Waals surface area contributed by atoms with Crippen molar-refractivity contribution in [3.05, 3.63) is 72.0 Å². The zero-order valence-electron chi connectivity index (χ0n) is 17.1. The van der Waals surface area contributed by atoms with Crippen LogP contribution in [0.4, 0.5) is 0 Å². The van der Waals surface area contributed by atoms with Gasteiger partial charge in [-0.3, -0.25) is 9.59 Å². The summed E-state index contributed by atoms with van der Waals surface area (Å²) >= 11 is 2.93. The van der Waals surface area contributed by atoms with Crippen LogP contribution < -0.4 is 5.32 Å². The Balaban J connectivity index is 1.41. The van der Waals surface area contributed by atoms with Crippen molar-refractivity contribution in [2.24, 2.45) is 0 Å². The highest BCUT2D eigenvalue weighted by Gasteiger charge is 2.15. The van der Waals surface area contributed by atoms with E-state index in [1.807, 2.05) is 54.6 Å². The summed E-state index contributed by atoms with van der Waals surface area (Å²) in [6.45, 7) is 0.263. The van der Waals surface area contributed by atoms with Crippen molar-refractivity contribution < 1.29 is 14.0 Å². The molecular weight excluding hydrogens is 430 g/mol. The zero-order valence-corrected chi connectivity index (χ0v) is 18.8. The summed E-state index contributed by atoms with van der Waals surface area (Å²) in [6, 6.07) is 18.9. The van der Waals surface area contributed by atoms with Gasteiger partial charge in [-0.1, -0.05) is 24.3 Å². The van der Waals surface area contributed by atoms with Crippen LogP contribution in [0.3, 0.4) is 0 Å². The van der Waals surface area contributed by atoms with Crippen LogP contribution in [0.15, 0.2) is 70.0 Å². The molecular formula is C23H21N3O3S2. The minimum atomic E-state index is -0.210. The fourth-order valence-electron chi connectivity index (χ4n) is 2.88. The van der Waals surface area contributed by atoms with Crippen molar-refractivity contribution in [1.29, 1.82) is 0 Å².